The van der Waals surface area contributed by atoms with Crippen LogP contribution in [0, 0.1) is 11.3 Å². The molecule has 2 heteroatoms. The SMILES string of the molecule is N#Cc1ccc(CNC2C=CCCC2)cc1. The van der Waals surface area contributed by atoms with Gasteiger partial charge in [0.15, 0.2) is 0 Å². The molecule has 2 rings (SSSR count). The molecule has 0 heterocycles. The van der Waals surface area contributed by atoms with Gasteiger partial charge in [-0.1, -0.05) is 24.3 Å². The van der Waals surface area contributed by atoms with E-state index in [9.17, 15) is 0 Å². The number of rotatable bonds is 3. The van der Waals surface area contributed by atoms with Crippen LogP contribution in [0.4, 0.5) is 0 Å². The summed E-state index contributed by atoms with van der Waals surface area (Å²) in [4.78, 5) is 0. The summed E-state index contributed by atoms with van der Waals surface area (Å²) in [7, 11) is 0. The Hall–Kier alpha value is -1.59. The predicted octanol–water partition coefficient (Wildman–Crippen LogP) is 2.76. The van der Waals surface area contributed by atoms with E-state index >= 15 is 0 Å². The molecule has 0 aromatic heterocycles. The van der Waals surface area contributed by atoms with E-state index in [4.69, 9.17) is 5.26 Å². The molecule has 2 nitrogen and oxygen atoms in total. The standard InChI is InChI=1S/C14H16N2/c15-10-12-6-8-13(9-7-12)11-16-14-4-2-1-3-5-14/h2,4,6-9,14,16H,1,3,5,11H2. The number of benzene rings is 1. The lowest BCUT2D eigenvalue weighted by molar-refractivity contribution is 0.522. The summed E-state index contributed by atoms with van der Waals surface area (Å²) in [5.74, 6) is 0. The van der Waals surface area contributed by atoms with Crippen molar-refractivity contribution in [3.05, 3.63) is 47.5 Å². The Morgan fingerprint density at radius 1 is 1.31 bits per heavy atom. The zero-order valence-corrected chi connectivity index (χ0v) is 9.32. The fraction of sp³-hybridized carbons (Fsp3) is 0.357. The Bertz CT molecular complexity index is 398. The quantitative estimate of drug-likeness (QED) is 0.782. The van der Waals surface area contributed by atoms with Crippen LogP contribution < -0.4 is 5.32 Å². The number of hydrogen-bond donors (Lipinski definition) is 1. The molecule has 0 fully saturated rings. The van der Waals surface area contributed by atoms with E-state index < -0.39 is 0 Å². The average Bonchev–Trinajstić information content (AvgIpc) is 2.38. The van der Waals surface area contributed by atoms with Crippen LogP contribution in [0.25, 0.3) is 0 Å². The lowest BCUT2D eigenvalue weighted by Gasteiger charge is -2.17. The van der Waals surface area contributed by atoms with E-state index in [1.165, 1.54) is 24.8 Å². The molecule has 1 aliphatic carbocycles. The molecule has 0 saturated carbocycles. The molecule has 1 aromatic rings. The molecular formula is C14H16N2. The lowest BCUT2D eigenvalue weighted by atomic mass is 10.0. The molecule has 1 N–H and O–H groups in total. The van der Waals surface area contributed by atoms with Crippen molar-refractivity contribution in [1.82, 2.24) is 5.32 Å². The number of hydrogen-bond acceptors (Lipinski definition) is 2. The van der Waals surface area contributed by atoms with E-state index in [0.717, 1.165) is 12.1 Å². The second kappa shape index (κ2) is 5.48. The summed E-state index contributed by atoms with van der Waals surface area (Å²) in [6.07, 6.45) is 8.23. The predicted molar refractivity (Wildman–Crippen MR) is 64.8 cm³/mol. The first-order valence-electron chi connectivity index (χ1n) is 5.77. The minimum Gasteiger partial charge on any atom is -0.306 e. The van der Waals surface area contributed by atoms with Crippen molar-refractivity contribution in [2.24, 2.45) is 0 Å². The van der Waals surface area contributed by atoms with Crippen LogP contribution in [0.15, 0.2) is 36.4 Å². The normalized spacial score (nSPS) is 19.3. The van der Waals surface area contributed by atoms with Gasteiger partial charge in [0.05, 0.1) is 11.6 Å². The van der Waals surface area contributed by atoms with Crippen LogP contribution in [0.3, 0.4) is 0 Å². The number of nitriles is 1. The van der Waals surface area contributed by atoms with E-state index in [-0.39, 0.29) is 0 Å². The van der Waals surface area contributed by atoms with Crippen LogP contribution in [0.2, 0.25) is 0 Å². The minimum absolute atomic E-state index is 0.518. The smallest absolute Gasteiger partial charge is 0.0991 e. The maximum Gasteiger partial charge on any atom is 0.0991 e. The van der Waals surface area contributed by atoms with Gasteiger partial charge < -0.3 is 5.32 Å². The summed E-state index contributed by atoms with van der Waals surface area (Å²) in [5, 5.41) is 12.2. The fourth-order valence-corrected chi connectivity index (χ4v) is 1.93. The highest BCUT2D eigenvalue weighted by Crippen LogP contribution is 2.11. The second-order valence-electron chi connectivity index (χ2n) is 4.16. The number of nitrogens with one attached hydrogen (secondary N) is 1. The average molecular weight is 212 g/mol. The van der Waals surface area contributed by atoms with E-state index in [0.29, 0.717) is 6.04 Å². The zero-order chi connectivity index (χ0) is 11.2. The topological polar surface area (TPSA) is 35.8 Å². The Labute approximate surface area is 96.6 Å². The Balaban J connectivity index is 1.87. The van der Waals surface area contributed by atoms with Crippen molar-refractivity contribution in [2.75, 3.05) is 0 Å². The van der Waals surface area contributed by atoms with Gasteiger partial charge in [0.1, 0.15) is 0 Å². The lowest BCUT2D eigenvalue weighted by Crippen LogP contribution is -2.27. The molecule has 0 spiro atoms. The maximum atomic E-state index is 8.69. The van der Waals surface area contributed by atoms with Crippen molar-refractivity contribution in [3.63, 3.8) is 0 Å². The van der Waals surface area contributed by atoms with Gasteiger partial charge in [0.25, 0.3) is 0 Å². The molecular weight excluding hydrogens is 196 g/mol. The van der Waals surface area contributed by atoms with E-state index in [2.05, 4.69) is 23.5 Å². The van der Waals surface area contributed by atoms with Gasteiger partial charge in [0, 0.05) is 12.6 Å². The van der Waals surface area contributed by atoms with Gasteiger partial charge in [-0.05, 0) is 37.0 Å². The van der Waals surface area contributed by atoms with Gasteiger partial charge in [-0.25, -0.2) is 0 Å². The summed E-state index contributed by atoms with van der Waals surface area (Å²) >= 11 is 0. The molecule has 0 amide bonds. The Kier molecular flexibility index (Phi) is 3.74. The van der Waals surface area contributed by atoms with Gasteiger partial charge in [-0.3, -0.25) is 0 Å². The molecule has 82 valence electrons. The first-order valence-corrected chi connectivity index (χ1v) is 5.77. The number of nitrogens with zero attached hydrogens (tertiary/aromatic N) is 1. The van der Waals surface area contributed by atoms with Crippen molar-refractivity contribution in [2.45, 2.75) is 31.8 Å². The minimum atomic E-state index is 0.518. The zero-order valence-electron chi connectivity index (χ0n) is 9.32. The van der Waals surface area contributed by atoms with Crippen LogP contribution in [-0.4, -0.2) is 6.04 Å². The fourth-order valence-electron chi connectivity index (χ4n) is 1.93. The van der Waals surface area contributed by atoms with Crippen molar-refractivity contribution >= 4 is 0 Å². The van der Waals surface area contributed by atoms with Gasteiger partial charge in [-0.2, -0.15) is 5.26 Å². The second-order valence-corrected chi connectivity index (χ2v) is 4.16. The molecule has 0 bridgehead atoms. The molecule has 0 radical (unpaired) electrons. The molecule has 0 aliphatic heterocycles. The third-order valence-electron chi connectivity index (χ3n) is 2.91. The summed E-state index contributed by atoms with van der Waals surface area (Å²) in [6.45, 7) is 0.876. The highest BCUT2D eigenvalue weighted by atomic mass is 14.9. The summed E-state index contributed by atoms with van der Waals surface area (Å²) in [6, 6.07) is 10.4. The van der Waals surface area contributed by atoms with Crippen LogP contribution in [-0.2, 0) is 6.54 Å². The van der Waals surface area contributed by atoms with Gasteiger partial charge >= 0.3 is 0 Å². The van der Waals surface area contributed by atoms with E-state index in [1.807, 2.05) is 24.3 Å². The molecule has 0 saturated heterocycles. The highest BCUT2D eigenvalue weighted by molar-refractivity contribution is 5.31. The molecule has 1 aliphatic rings. The summed E-state index contributed by atoms with van der Waals surface area (Å²) < 4.78 is 0. The van der Waals surface area contributed by atoms with Gasteiger partial charge in [-0.15, -0.1) is 0 Å². The Morgan fingerprint density at radius 3 is 2.75 bits per heavy atom. The van der Waals surface area contributed by atoms with Crippen LogP contribution >= 0.6 is 0 Å². The van der Waals surface area contributed by atoms with Crippen molar-refractivity contribution in [1.29, 1.82) is 5.26 Å². The molecule has 1 atom stereocenters. The van der Waals surface area contributed by atoms with Crippen molar-refractivity contribution in [3.8, 4) is 6.07 Å². The summed E-state index contributed by atoms with van der Waals surface area (Å²) in [5.41, 5.74) is 1.96. The Morgan fingerprint density at radius 2 is 2.12 bits per heavy atom. The monoisotopic (exact) mass is 212 g/mol. The first kappa shape index (κ1) is 10.9. The largest absolute Gasteiger partial charge is 0.306 e. The molecule has 1 aromatic carbocycles. The molecule has 1 unspecified atom stereocenters. The third kappa shape index (κ3) is 2.95. The number of allylic oxidation sites excluding steroid dienone is 1. The maximum absolute atomic E-state index is 8.69. The van der Waals surface area contributed by atoms with E-state index in [1.54, 1.807) is 0 Å². The first-order chi connectivity index (χ1) is 7.88. The van der Waals surface area contributed by atoms with Crippen LogP contribution in [0.1, 0.15) is 30.4 Å². The molecule has 16 heavy (non-hydrogen) atoms. The third-order valence-corrected chi connectivity index (χ3v) is 2.91. The highest BCUT2D eigenvalue weighted by Gasteiger charge is 2.06. The van der Waals surface area contributed by atoms with Gasteiger partial charge in [0.2, 0.25) is 0 Å². The van der Waals surface area contributed by atoms with Crippen LogP contribution in [0.5, 0.6) is 0 Å². The van der Waals surface area contributed by atoms with Crippen molar-refractivity contribution < 1.29 is 0 Å².